The maximum Gasteiger partial charge on any atom is 0.240 e. The molecule has 2 N–H and O–H groups in total. The molecule has 1 heterocycles. The summed E-state index contributed by atoms with van der Waals surface area (Å²) in [7, 11) is 3.11. The maximum absolute atomic E-state index is 5.91. The molecule has 0 spiro atoms. The molecule has 0 saturated heterocycles. The number of nitrogen functional groups attached to an aromatic ring is 1. The number of ether oxygens (including phenoxy) is 2. The number of rotatable bonds is 2. The number of benzene rings is 1. The van der Waals surface area contributed by atoms with E-state index in [0.29, 0.717) is 17.4 Å². The summed E-state index contributed by atoms with van der Waals surface area (Å²) in [6.45, 7) is 0. The van der Waals surface area contributed by atoms with Gasteiger partial charge in [0.1, 0.15) is 5.69 Å². The van der Waals surface area contributed by atoms with Gasteiger partial charge in [0.2, 0.25) is 11.8 Å². The number of methoxy groups -OCH3 is 2. The van der Waals surface area contributed by atoms with Crippen LogP contribution in [0.3, 0.4) is 0 Å². The second-order valence-electron chi connectivity index (χ2n) is 3.09. The summed E-state index contributed by atoms with van der Waals surface area (Å²) in [5.74, 6) is 0.919. The molecule has 0 aliphatic carbocycles. The van der Waals surface area contributed by atoms with E-state index in [-0.39, 0.29) is 0 Å². The Hall–Kier alpha value is -1.97. The second kappa shape index (κ2) is 3.65. The summed E-state index contributed by atoms with van der Waals surface area (Å²) < 4.78 is 10.3. The highest BCUT2D eigenvalue weighted by molar-refractivity contribution is 5.97. The van der Waals surface area contributed by atoms with Crippen LogP contribution in [0.1, 0.15) is 0 Å². The van der Waals surface area contributed by atoms with Crippen molar-refractivity contribution in [1.29, 1.82) is 0 Å². The first kappa shape index (κ1) is 9.58. The predicted molar refractivity (Wildman–Crippen MR) is 59.3 cm³/mol. The Labute approximate surface area is 87.6 Å². The van der Waals surface area contributed by atoms with Gasteiger partial charge in [0.25, 0.3) is 0 Å². The molecule has 4 heteroatoms. The maximum atomic E-state index is 5.91. The monoisotopic (exact) mass is 204 g/mol. The van der Waals surface area contributed by atoms with Crippen LogP contribution in [0.5, 0.6) is 11.8 Å². The van der Waals surface area contributed by atoms with Gasteiger partial charge < -0.3 is 15.2 Å². The van der Waals surface area contributed by atoms with E-state index in [4.69, 9.17) is 15.2 Å². The second-order valence-corrected chi connectivity index (χ2v) is 3.09. The first-order valence-corrected chi connectivity index (χ1v) is 4.54. The highest BCUT2D eigenvalue weighted by atomic mass is 16.5. The molecule has 0 saturated carbocycles. The third kappa shape index (κ3) is 1.44. The number of aromatic nitrogens is 1. The van der Waals surface area contributed by atoms with Gasteiger partial charge in [0.15, 0.2) is 0 Å². The van der Waals surface area contributed by atoms with E-state index in [2.05, 4.69) is 4.98 Å². The third-order valence-corrected chi connectivity index (χ3v) is 2.27. The van der Waals surface area contributed by atoms with Crippen LogP contribution in [-0.4, -0.2) is 19.2 Å². The third-order valence-electron chi connectivity index (χ3n) is 2.27. The number of pyridine rings is 1. The highest BCUT2D eigenvalue weighted by Crippen LogP contribution is 2.33. The molecule has 1 aromatic carbocycles. The Morgan fingerprint density at radius 3 is 2.20 bits per heavy atom. The Bertz CT molecular complexity index is 497. The zero-order valence-electron chi connectivity index (χ0n) is 8.65. The molecule has 2 aromatic rings. The summed E-state index contributed by atoms with van der Waals surface area (Å²) in [4.78, 5) is 4.17. The summed E-state index contributed by atoms with van der Waals surface area (Å²) in [6.07, 6.45) is 0. The largest absolute Gasteiger partial charge is 0.480 e. The summed E-state index contributed by atoms with van der Waals surface area (Å²) in [6, 6.07) is 7.66. The average Bonchev–Trinajstić information content (AvgIpc) is 2.30. The molecule has 2 rings (SSSR count). The fourth-order valence-electron chi connectivity index (χ4n) is 1.54. The molecular weight excluding hydrogens is 192 g/mol. The Kier molecular flexibility index (Phi) is 2.33. The lowest BCUT2D eigenvalue weighted by Gasteiger charge is -2.10. The van der Waals surface area contributed by atoms with Crippen LogP contribution < -0.4 is 15.2 Å². The number of hydrogen-bond donors (Lipinski definition) is 1. The SMILES string of the molecule is COc1nc(OC)c2ccccc2c1N. The standard InChI is InChI=1S/C11H12N2O2/c1-14-10-8-6-4-3-5-7(8)9(12)11(13-10)15-2/h3-6H,12H2,1-2H3. The van der Waals surface area contributed by atoms with Crippen molar-refractivity contribution in [2.24, 2.45) is 0 Å². The van der Waals surface area contributed by atoms with E-state index >= 15 is 0 Å². The van der Waals surface area contributed by atoms with Gasteiger partial charge in [0, 0.05) is 10.8 Å². The molecule has 15 heavy (non-hydrogen) atoms. The summed E-state index contributed by atoms with van der Waals surface area (Å²) >= 11 is 0. The molecule has 1 aromatic heterocycles. The first-order valence-electron chi connectivity index (χ1n) is 4.54. The molecule has 0 radical (unpaired) electrons. The molecule has 0 atom stereocenters. The molecule has 0 fully saturated rings. The minimum Gasteiger partial charge on any atom is -0.480 e. The van der Waals surface area contributed by atoms with Gasteiger partial charge in [-0.2, -0.15) is 4.98 Å². The van der Waals surface area contributed by atoms with E-state index < -0.39 is 0 Å². The van der Waals surface area contributed by atoms with Crippen molar-refractivity contribution in [1.82, 2.24) is 4.98 Å². The summed E-state index contributed by atoms with van der Waals surface area (Å²) in [5.41, 5.74) is 6.45. The number of fused-ring (bicyclic) bond motifs is 1. The molecule has 78 valence electrons. The Balaban J connectivity index is 2.84. The van der Waals surface area contributed by atoms with Gasteiger partial charge in [-0.15, -0.1) is 0 Å². The van der Waals surface area contributed by atoms with Crippen molar-refractivity contribution >= 4 is 16.5 Å². The topological polar surface area (TPSA) is 57.4 Å². The molecule has 4 nitrogen and oxygen atoms in total. The molecular formula is C11H12N2O2. The number of nitrogens with zero attached hydrogens (tertiary/aromatic N) is 1. The van der Waals surface area contributed by atoms with Crippen molar-refractivity contribution in [3.8, 4) is 11.8 Å². The molecule has 0 aliphatic heterocycles. The van der Waals surface area contributed by atoms with Gasteiger partial charge in [-0.05, 0) is 6.07 Å². The Morgan fingerprint density at radius 2 is 1.60 bits per heavy atom. The minimum absolute atomic E-state index is 0.394. The number of nitrogens with two attached hydrogens (primary N) is 1. The highest BCUT2D eigenvalue weighted by Gasteiger charge is 2.11. The van der Waals surface area contributed by atoms with Crippen molar-refractivity contribution < 1.29 is 9.47 Å². The van der Waals surface area contributed by atoms with Crippen LogP contribution >= 0.6 is 0 Å². The lowest BCUT2D eigenvalue weighted by Crippen LogP contribution is -1.99. The first-order chi connectivity index (χ1) is 7.27. The zero-order chi connectivity index (χ0) is 10.8. The van der Waals surface area contributed by atoms with E-state index in [0.717, 1.165) is 10.8 Å². The average molecular weight is 204 g/mol. The smallest absolute Gasteiger partial charge is 0.240 e. The van der Waals surface area contributed by atoms with Crippen LogP contribution in [0.4, 0.5) is 5.69 Å². The number of hydrogen-bond acceptors (Lipinski definition) is 4. The summed E-state index contributed by atoms with van der Waals surface area (Å²) in [5, 5.41) is 1.78. The lowest BCUT2D eigenvalue weighted by atomic mass is 10.1. The van der Waals surface area contributed by atoms with Crippen LogP contribution in [0.15, 0.2) is 24.3 Å². The van der Waals surface area contributed by atoms with Gasteiger partial charge in [-0.25, -0.2) is 0 Å². The van der Waals surface area contributed by atoms with Gasteiger partial charge in [-0.3, -0.25) is 0 Å². The van der Waals surface area contributed by atoms with Gasteiger partial charge in [0.05, 0.1) is 14.2 Å². The molecule has 0 bridgehead atoms. The molecule has 0 amide bonds. The van der Waals surface area contributed by atoms with Gasteiger partial charge in [-0.1, -0.05) is 18.2 Å². The Morgan fingerprint density at radius 1 is 1.00 bits per heavy atom. The zero-order valence-corrected chi connectivity index (χ0v) is 8.65. The normalized spacial score (nSPS) is 10.3. The van der Waals surface area contributed by atoms with Crippen molar-refractivity contribution in [3.05, 3.63) is 24.3 Å². The van der Waals surface area contributed by atoms with E-state index in [1.807, 2.05) is 24.3 Å². The van der Waals surface area contributed by atoms with Crippen LogP contribution in [-0.2, 0) is 0 Å². The van der Waals surface area contributed by atoms with E-state index in [9.17, 15) is 0 Å². The lowest BCUT2D eigenvalue weighted by molar-refractivity contribution is 0.370. The number of anilines is 1. The molecule has 0 unspecified atom stereocenters. The van der Waals surface area contributed by atoms with Crippen molar-refractivity contribution in [2.75, 3.05) is 20.0 Å². The van der Waals surface area contributed by atoms with Crippen LogP contribution in [0, 0.1) is 0 Å². The van der Waals surface area contributed by atoms with Crippen LogP contribution in [0.25, 0.3) is 10.8 Å². The van der Waals surface area contributed by atoms with E-state index in [1.54, 1.807) is 7.11 Å². The fraction of sp³-hybridized carbons (Fsp3) is 0.182. The van der Waals surface area contributed by atoms with E-state index in [1.165, 1.54) is 7.11 Å². The van der Waals surface area contributed by atoms with Gasteiger partial charge >= 0.3 is 0 Å². The minimum atomic E-state index is 0.394. The van der Waals surface area contributed by atoms with Crippen molar-refractivity contribution in [2.45, 2.75) is 0 Å². The fourth-order valence-corrected chi connectivity index (χ4v) is 1.54. The quantitative estimate of drug-likeness (QED) is 0.810. The molecule has 0 aliphatic rings. The predicted octanol–water partition coefficient (Wildman–Crippen LogP) is 1.83. The van der Waals surface area contributed by atoms with Crippen molar-refractivity contribution in [3.63, 3.8) is 0 Å². The van der Waals surface area contributed by atoms with Crippen LogP contribution in [0.2, 0.25) is 0 Å².